The maximum absolute atomic E-state index is 12.5. The summed E-state index contributed by atoms with van der Waals surface area (Å²) in [5, 5.41) is 4.11. The number of rotatable bonds is 4. The van der Waals surface area contributed by atoms with E-state index in [1.807, 2.05) is 50.2 Å². The van der Waals surface area contributed by atoms with E-state index in [4.69, 9.17) is 26.1 Å². The first-order chi connectivity index (χ1) is 14.6. The molecule has 2 aliphatic heterocycles. The van der Waals surface area contributed by atoms with Crippen LogP contribution in [0.3, 0.4) is 0 Å². The van der Waals surface area contributed by atoms with E-state index in [1.165, 1.54) is 0 Å². The minimum absolute atomic E-state index is 0.0133. The zero-order valence-corrected chi connectivity index (χ0v) is 18.0. The standard InChI is InChI=1S/C23H26ClN3O3/c1-3-16(23(28)29-4-2)19-14-27(12-11-25-19)22-17-7-5-6-8-20(17)30-21-10-9-15(24)13-18(21)26-22/h5-10,13,16,19,25H,3-4,11-12,14H2,1-2H3/t16-,19-/m0/s1. The lowest BCUT2D eigenvalue weighted by Gasteiger charge is -2.38. The van der Waals surface area contributed by atoms with Gasteiger partial charge < -0.3 is 19.7 Å². The number of piperazine rings is 1. The van der Waals surface area contributed by atoms with Crippen LogP contribution in [0.1, 0.15) is 25.8 Å². The molecule has 1 fully saturated rings. The molecule has 0 bridgehead atoms. The topological polar surface area (TPSA) is 63.2 Å². The second kappa shape index (κ2) is 9.06. The lowest BCUT2D eigenvalue weighted by atomic mass is 9.94. The molecular formula is C23H26ClN3O3. The van der Waals surface area contributed by atoms with Gasteiger partial charge in [-0.05, 0) is 43.7 Å². The fraction of sp³-hybridized carbons (Fsp3) is 0.391. The highest BCUT2D eigenvalue weighted by Crippen LogP contribution is 2.39. The van der Waals surface area contributed by atoms with E-state index in [-0.39, 0.29) is 17.9 Å². The second-order valence-electron chi connectivity index (χ2n) is 7.42. The monoisotopic (exact) mass is 427 g/mol. The summed E-state index contributed by atoms with van der Waals surface area (Å²) in [6.07, 6.45) is 0.717. The number of benzene rings is 2. The third kappa shape index (κ3) is 4.16. The number of carbonyl (C=O) groups excluding carboxylic acids is 1. The largest absolute Gasteiger partial charge is 0.466 e. The summed E-state index contributed by atoms with van der Waals surface area (Å²) in [7, 11) is 0. The van der Waals surface area contributed by atoms with Gasteiger partial charge in [0.15, 0.2) is 5.75 Å². The maximum atomic E-state index is 12.5. The molecule has 0 unspecified atom stereocenters. The average molecular weight is 428 g/mol. The number of amidine groups is 1. The highest BCUT2D eigenvalue weighted by Gasteiger charge is 2.34. The molecule has 6 nitrogen and oxygen atoms in total. The number of hydrogen-bond acceptors (Lipinski definition) is 6. The van der Waals surface area contributed by atoms with E-state index in [9.17, 15) is 4.79 Å². The Bertz CT molecular complexity index is 962. The van der Waals surface area contributed by atoms with Gasteiger partial charge in [-0.15, -0.1) is 0 Å². The quantitative estimate of drug-likeness (QED) is 0.733. The molecule has 2 heterocycles. The first-order valence-electron chi connectivity index (χ1n) is 10.4. The van der Waals surface area contributed by atoms with Crippen molar-refractivity contribution in [3.8, 4) is 11.5 Å². The number of ether oxygens (including phenoxy) is 2. The molecule has 7 heteroatoms. The molecule has 0 aromatic heterocycles. The van der Waals surface area contributed by atoms with Gasteiger partial charge in [0.05, 0.1) is 18.1 Å². The Labute approximate surface area is 181 Å². The van der Waals surface area contributed by atoms with Crippen molar-refractivity contribution in [3.63, 3.8) is 0 Å². The van der Waals surface area contributed by atoms with Crippen LogP contribution in [0, 0.1) is 5.92 Å². The minimum Gasteiger partial charge on any atom is -0.466 e. The molecule has 158 valence electrons. The lowest BCUT2D eigenvalue weighted by Crippen LogP contribution is -2.56. The molecule has 4 rings (SSSR count). The van der Waals surface area contributed by atoms with Gasteiger partial charge in [0.25, 0.3) is 0 Å². The molecule has 0 spiro atoms. The molecule has 2 aliphatic rings. The van der Waals surface area contributed by atoms with Gasteiger partial charge >= 0.3 is 5.97 Å². The van der Waals surface area contributed by atoms with Crippen LogP contribution in [0.25, 0.3) is 0 Å². The number of carbonyl (C=O) groups is 1. The van der Waals surface area contributed by atoms with E-state index in [2.05, 4.69) is 10.2 Å². The van der Waals surface area contributed by atoms with E-state index in [0.29, 0.717) is 29.6 Å². The summed E-state index contributed by atoms with van der Waals surface area (Å²) < 4.78 is 11.5. The van der Waals surface area contributed by atoms with Gasteiger partial charge in [-0.3, -0.25) is 4.79 Å². The van der Waals surface area contributed by atoms with Gasteiger partial charge in [-0.2, -0.15) is 0 Å². The van der Waals surface area contributed by atoms with Crippen LogP contribution in [0.2, 0.25) is 5.02 Å². The van der Waals surface area contributed by atoms with Gasteiger partial charge in [-0.1, -0.05) is 30.7 Å². The molecule has 0 aliphatic carbocycles. The predicted molar refractivity (Wildman–Crippen MR) is 118 cm³/mol. The first kappa shape index (κ1) is 20.7. The number of nitrogens with one attached hydrogen (secondary N) is 1. The van der Waals surface area contributed by atoms with Crippen LogP contribution in [0.5, 0.6) is 11.5 Å². The smallest absolute Gasteiger partial charge is 0.310 e. The minimum atomic E-state index is -0.202. The van der Waals surface area contributed by atoms with Crippen molar-refractivity contribution in [1.82, 2.24) is 10.2 Å². The van der Waals surface area contributed by atoms with Crippen molar-refractivity contribution in [2.75, 3.05) is 26.2 Å². The summed E-state index contributed by atoms with van der Waals surface area (Å²) in [5.41, 5.74) is 1.62. The molecular weight excluding hydrogens is 402 g/mol. The third-order valence-electron chi connectivity index (χ3n) is 5.51. The van der Waals surface area contributed by atoms with Crippen LogP contribution < -0.4 is 10.1 Å². The molecule has 1 saturated heterocycles. The number of para-hydroxylation sites is 1. The van der Waals surface area contributed by atoms with Crippen molar-refractivity contribution in [1.29, 1.82) is 0 Å². The number of hydrogen-bond donors (Lipinski definition) is 1. The summed E-state index contributed by atoms with van der Waals surface area (Å²) in [6.45, 7) is 6.43. The molecule has 2 aromatic carbocycles. The highest BCUT2D eigenvalue weighted by atomic mass is 35.5. The summed E-state index contributed by atoms with van der Waals surface area (Å²) in [6, 6.07) is 13.3. The Morgan fingerprint density at radius 3 is 2.93 bits per heavy atom. The summed E-state index contributed by atoms with van der Waals surface area (Å²) in [4.78, 5) is 19.6. The Hall–Kier alpha value is -2.57. The van der Waals surface area contributed by atoms with Crippen LogP contribution in [-0.4, -0.2) is 49.0 Å². The van der Waals surface area contributed by atoms with Gasteiger partial charge in [-0.25, -0.2) is 4.99 Å². The van der Waals surface area contributed by atoms with Gasteiger partial charge in [0.1, 0.15) is 17.3 Å². The zero-order chi connectivity index (χ0) is 21.1. The maximum Gasteiger partial charge on any atom is 0.310 e. The number of fused-ring (bicyclic) bond motifs is 2. The molecule has 30 heavy (non-hydrogen) atoms. The Morgan fingerprint density at radius 2 is 2.13 bits per heavy atom. The fourth-order valence-corrected chi connectivity index (χ4v) is 4.21. The van der Waals surface area contributed by atoms with Crippen LogP contribution in [0.4, 0.5) is 5.69 Å². The summed E-state index contributed by atoms with van der Waals surface area (Å²) in [5.74, 6) is 1.91. The Balaban J connectivity index is 1.69. The molecule has 0 radical (unpaired) electrons. The summed E-state index contributed by atoms with van der Waals surface area (Å²) >= 11 is 6.22. The van der Waals surface area contributed by atoms with Crippen molar-refractivity contribution >= 4 is 29.1 Å². The van der Waals surface area contributed by atoms with E-state index < -0.39 is 0 Å². The molecule has 0 amide bonds. The Kier molecular flexibility index (Phi) is 6.25. The number of nitrogens with zero attached hydrogens (tertiary/aromatic N) is 2. The van der Waals surface area contributed by atoms with Crippen molar-refractivity contribution in [2.45, 2.75) is 26.3 Å². The predicted octanol–water partition coefficient (Wildman–Crippen LogP) is 4.39. The van der Waals surface area contributed by atoms with Crippen molar-refractivity contribution < 1.29 is 14.3 Å². The van der Waals surface area contributed by atoms with Crippen LogP contribution in [-0.2, 0) is 9.53 Å². The van der Waals surface area contributed by atoms with E-state index in [0.717, 1.165) is 36.7 Å². The average Bonchev–Trinajstić information content (AvgIpc) is 2.91. The Morgan fingerprint density at radius 1 is 1.30 bits per heavy atom. The lowest BCUT2D eigenvalue weighted by molar-refractivity contribution is -0.149. The molecule has 1 N–H and O–H groups in total. The number of aliphatic imine (C=N–C) groups is 1. The van der Waals surface area contributed by atoms with Crippen LogP contribution in [0.15, 0.2) is 47.5 Å². The van der Waals surface area contributed by atoms with Crippen LogP contribution >= 0.6 is 11.6 Å². The SMILES string of the molecule is CCOC(=O)[C@@H](CC)[C@@H]1CN(C2=Nc3cc(Cl)ccc3Oc3ccccc32)CCN1. The second-order valence-corrected chi connectivity index (χ2v) is 7.86. The van der Waals surface area contributed by atoms with Crippen molar-refractivity contribution in [2.24, 2.45) is 10.9 Å². The molecule has 2 atom stereocenters. The number of halogens is 1. The highest BCUT2D eigenvalue weighted by molar-refractivity contribution is 6.31. The van der Waals surface area contributed by atoms with Gasteiger partial charge in [0.2, 0.25) is 0 Å². The number of esters is 1. The first-order valence-corrected chi connectivity index (χ1v) is 10.8. The molecule has 2 aromatic rings. The van der Waals surface area contributed by atoms with Crippen molar-refractivity contribution in [3.05, 3.63) is 53.1 Å². The van der Waals surface area contributed by atoms with E-state index in [1.54, 1.807) is 6.07 Å². The third-order valence-corrected chi connectivity index (χ3v) is 5.75. The fourth-order valence-electron chi connectivity index (χ4n) is 4.04. The van der Waals surface area contributed by atoms with Gasteiger partial charge in [0, 0.05) is 30.7 Å². The van der Waals surface area contributed by atoms with E-state index >= 15 is 0 Å². The zero-order valence-electron chi connectivity index (χ0n) is 17.2. The molecule has 0 saturated carbocycles. The normalized spacial score (nSPS) is 19.0.